The zero-order valence-corrected chi connectivity index (χ0v) is 10.2. The summed E-state index contributed by atoms with van der Waals surface area (Å²) in [5, 5.41) is 9.03. The molecule has 0 aliphatic rings. The fraction of sp³-hybridized carbons (Fsp3) is 0.0667. The molecular weight excluding hydrogens is 238 g/mol. The van der Waals surface area contributed by atoms with Crippen LogP contribution in [0.5, 0.6) is 5.75 Å². The maximum Gasteiger partial charge on any atom is 0.179 e. The van der Waals surface area contributed by atoms with Crippen molar-refractivity contribution in [1.82, 2.24) is 9.38 Å². The molecule has 0 fully saturated rings. The van der Waals surface area contributed by atoms with Crippen molar-refractivity contribution >= 4 is 5.65 Å². The van der Waals surface area contributed by atoms with Crippen LogP contribution in [0.3, 0.4) is 0 Å². The first-order valence-corrected chi connectivity index (χ1v) is 5.91. The van der Waals surface area contributed by atoms with Crippen LogP contribution in [0.1, 0.15) is 11.1 Å². The van der Waals surface area contributed by atoms with E-state index in [1.165, 1.54) is 0 Å². The third kappa shape index (κ3) is 2.14. The van der Waals surface area contributed by atoms with Gasteiger partial charge in [-0.05, 0) is 18.2 Å². The summed E-state index contributed by atoms with van der Waals surface area (Å²) in [5.41, 5.74) is 2.29. The predicted molar refractivity (Wildman–Crippen MR) is 70.7 cm³/mol. The van der Waals surface area contributed by atoms with Crippen LogP contribution in [0, 0.1) is 11.3 Å². The van der Waals surface area contributed by atoms with Gasteiger partial charge in [-0.25, -0.2) is 4.98 Å². The molecule has 0 amide bonds. The number of nitriles is 1. The molecule has 4 heteroatoms. The number of hydrogen-bond donors (Lipinski definition) is 0. The largest absolute Gasteiger partial charge is 0.485 e. The number of imidazole rings is 1. The SMILES string of the molecule is N#Cc1ccccc1COc1cccn2ccnc12. The smallest absolute Gasteiger partial charge is 0.179 e. The van der Waals surface area contributed by atoms with Crippen LogP contribution in [0.25, 0.3) is 5.65 Å². The quantitative estimate of drug-likeness (QED) is 0.717. The summed E-state index contributed by atoms with van der Waals surface area (Å²) in [6.07, 6.45) is 5.51. The molecule has 0 spiro atoms. The summed E-state index contributed by atoms with van der Waals surface area (Å²) in [4.78, 5) is 4.25. The minimum absolute atomic E-state index is 0.357. The second-order valence-electron chi connectivity index (χ2n) is 4.09. The van der Waals surface area contributed by atoms with Crippen LogP contribution in [0.2, 0.25) is 0 Å². The van der Waals surface area contributed by atoms with E-state index in [1.54, 1.807) is 12.3 Å². The maximum atomic E-state index is 9.03. The van der Waals surface area contributed by atoms with Crippen LogP contribution in [0.15, 0.2) is 55.0 Å². The highest BCUT2D eigenvalue weighted by Crippen LogP contribution is 2.19. The van der Waals surface area contributed by atoms with E-state index in [2.05, 4.69) is 11.1 Å². The first-order chi connectivity index (χ1) is 9.38. The summed E-state index contributed by atoms with van der Waals surface area (Å²) in [6, 6.07) is 13.4. The monoisotopic (exact) mass is 249 g/mol. The molecule has 0 aliphatic heterocycles. The predicted octanol–water partition coefficient (Wildman–Crippen LogP) is 2.78. The van der Waals surface area contributed by atoms with Crippen molar-refractivity contribution < 1.29 is 4.74 Å². The van der Waals surface area contributed by atoms with E-state index in [0.717, 1.165) is 11.2 Å². The average molecular weight is 249 g/mol. The van der Waals surface area contributed by atoms with E-state index in [1.807, 2.05) is 47.1 Å². The summed E-state index contributed by atoms with van der Waals surface area (Å²) in [6.45, 7) is 0.357. The molecule has 1 aromatic carbocycles. The summed E-state index contributed by atoms with van der Waals surface area (Å²) in [7, 11) is 0. The second-order valence-corrected chi connectivity index (χ2v) is 4.09. The zero-order chi connectivity index (χ0) is 13.1. The lowest BCUT2D eigenvalue weighted by atomic mass is 10.1. The number of hydrogen-bond acceptors (Lipinski definition) is 3. The van der Waals surface area contributed by atoms with Gasteiger partial charge in [-0.1, -0.05) is 18.2 Å². The zero-order valence-electron chi connectivity index (χ0n) is 10.2. The lowest BCUT2D eigenvalue weighted by Gasteiger charge is -2.08. The van der Waals surface area contributed by atoms with E-state index in [4.69, 9.17) is 10.00 Å². The molecule has 3 aromatic rings. The molecule has 0 saturated heterocycles. The summed E-state index contributed by atoms with van der Waals surface area (Å²) >= 11 is 0. The average Bonchev–Trinajstić information content (AvgIpc) is 2.94. The van der Waals surface area contributed by atoms with Crippen molar-refractivity contribution in [3.05, 3.63) is 66.1 Å². The fourth-order valence-electron chi connectivity index (χ4n) is 1.95. The number of aromatic nitrogens is 2. The van der Waals surface area contributed by atoms with Gasteiger partial charge in [-0.2, -0.15) is 5.26 Å². The molecule has 19 heavy (non-hydrogen) atoms. The third-order valence-electron chi connectivity index (χ3n) is 2.90. The summed E-state index contributed by atoms with van der Waals surface area (Å²) < 4.78 is 7.67. The maximum absolute atomic E-state index is 9.03. The molecule has 2 heterocycles. The third-order valence-corrected chi connectivity index (χ3v) is 2.90. The second kappa shape index (κ2) is 4.83. The highest BCUT2D eigenvalue weighted by atomic mass is 16.5. The standard InChI is InChI=1S/C15H11N3O/c16-10-12-4-1-2-5-13(12)11-19-14-6-3-8-18-9-7-17-15(14)18/h1-9H,11H2. The number of nitrogens with zero attached hydrogens (tertiary/aromatic N) is 3. The van der Waals surface area contributed by atoms with Gasteiger partial charge in [-0.3, -0.25) is 0 Å². The van der Waals surface area contributed by atoms with Gasteiger partial charge in [0, 0.05) is 24.2 Å². The molecular formula is C15H11N3O. The van der Waals surface area contributed by atoms with Crippen molar-refractivity contribution in [2.75, 3.05) is 0 Å². The highest BCUT2D eigenvalue weighted by molar-refractivity contribution is 5.53. The first kappa shape index (κ1) is 11.3. The summed E-state index contributed by atoms with van der Waals surface area (Å²) in [5.74, 6) is 0.709. The Labute approximate surface area is 110 Å². The van der Waals surface area contributed by atoms with Crippen LogP contribution in [-0.2, 0) is 6.61 Å². The molecule has 0 radical (unpaired) electrons. The van der Waals surface area contributed by atoms with Gasteiger partial charge in [0.15, 0.2) is 11.4 Å². The lowest BCUT2D eigenvalue weighted by molar-refractivity contribution is 0.308. The van der Waals surface area contributed by atoms with Crippen molar-refractivity contribution in [3.8, 4) is 11.8 Å². The Bertz CT molecular complexity index is 755. The van der Waals surface area contributed by atoms with Crippen LogP contribution >= 0.6 is 0 Å². The molecule has 0 unspecified atom stereocenters. The van der Waals surface area contributed by atoms with Gasteiger partial charge < -0.3 is 9.14 Å². The Balaban J connectivity index is 1.87. The van der Waals surface area contributed by atoms with Crippen molar-refractivity contribution in [2.24, 2.45) is 0 Å². The van der Waals surface area contributed by atoms with E-state index >= 15 is 0 Å². The molecule has 0 saturated carbocycles. The fourth-order valence-corrected chi connectivity index (χ4v) is 1.95. The molecule has 92 valence electrons. The molecule has 4 nitrogen and oxygen atoms in total. The van der Waals surface area contributed by atoms with Gasteiger partial charge in [0.25, 0.3) is 0 Å². The van der Waals surface area contributed by atoms with E-state index in [0.29, 0.717) is 17.9 Å². The van der Waals surface area contributed by atoms with Crippen molar-refractivity contribution in [2.45, 2.75) is 6.61 Å². The van der Waals surface area contributed by atoms with Gasteiger partial charge in [0.05, 0.1) is 11.6 Å². The number of fused-ring (bicyclic) bond motifs is 1. The first-order valence-electron chi connectivity index (χ1n) is 5.91. The Morgan fingerprint density at radius 1 is 1.16 bits per heavy atom. The molecule has 0 N–H and O–H groups in total. The normalized spacial score (nSPS) is 10.3. The van der Waals surface area contributed by atoms with Crippen LogP contribution < -0.4 is 4.74 Å². The molecule has 0 bridgehead atoms. The van der Waals surface area contributed by atoms with Gasteiger partial charge in [0.1, 0.15) is 6.61 Å². The molecule has 3 rings (SSSR count). The number of ether oxygens (including phenoxy) is 1. The Morgan fingerprint density at radius 3 is 2.95 bits per heavy atom. The lowest BCUT2D eigenvalue weighted by Crippen LogP contribution is -1.99. The molecule has 2 aromatic heterocycles. The Morgan fingerprint density at radius 2 is 2.05 bits per heavy atom. The van der Waals surface area contributed by atoms with Crippen LogP contribution in [-0.4, -0.2) is 9.38 Å². The van der Waals surface area contributed by atoms with E-state index < -0.39 is 0 Å². The number of rotatable bonds is 3. The van der Waals surface area contributed by atoms with Crippen molar-refractivity contribution in [1.29, 1.82) is 5.26 Å². The topological polar surface area (TPSA) is 50.3 Å². The Hall–Kier alpha value is -2.80. The molecule has 0 aliphatic carbocycles. The van der Waals surface area contributed by atoms with Gasteiger partial charge in [-0.15, -0.1) is 0 Å². The Kier molecular flexibility index (Phi) is 2.87. The van der Waals surface area contributed by atoms with Crippen molar-refractivity contribution in [3.63, 3.8) is 0 Å². The van der Waals surface area contributed by atoms with Gasteiger partial charge in [0.2, 0.25) is 0 Å². The number of benzene rings is 1. The van der Waals surface area contributed by atoms with E-state index in [9.17, 15) is 0 Å². The van der Waals surface area contributed by atoms with Gasteiger partial charge >= 0.3 is 0 Å². The number of pyridine rings is 1. The minimum Gasteiger partial charge on any atom is -0.485 e. The van der Waals surface area contributed by atoms with Crippen LogP contribution in [0.4, 0.5) is 0 Å². The minimum atomic E-state index is 0.357. The highest BCUT2D eigenvalue weighted by Gasteiger charge is 2.05. The molecule has 0 atom stereocenters. The van der Waals surface area contributed by atoms with E-state index in [-0.39, 0.29) is 0 Å².